The van der Waals surface area contributed by atoms with Crippen LogP contribution in [-0.2, 0) is 14.8 Å². The maximum Gasteiger partial charge on any atom is 0.263 e. The zero-order valence-corrected chi connectivity index (χ0v) is 14.6. The van der Waals surface area contributed by atoms with Crippen LogP contribution in [0.15, 0.2) is 35.2 Å². The molecular formula is C15H17ClN4O3S. The van der Waals surface area contributed by atoms with Gasteiger partial charge in [0.1, 0.15) is 0 Å². The first kappa shape index (κ1) is 16.9. The summed E-state index contributed by atoms with van der Waals surface area (Å²) < 4.78 is 32.5. The summed E-state index contributed by atoms with van der Waals surface area (Å²) in [5.74, 6) is 0.864. The van der Waals surface area contributed by atoms with E-state index in [9.17, 15) is 8.42 Å². The molecule has 128 valence electrons. The van der Waals surface area contributed by atoms with Crippen molar-refractivity contribution in [3.8, 4) is 0 Å². The van der Waals surface area contributed by atoms with Gasteiger partial charge in [0.15, 0.2) is 11.6 Å². The highest BCUT2D eigenvalue weighted by molar-refractivity contribution is 7.92. The second kappa shape index (κ2) is 6.92. The van der Waals surface area contributed by atoms with Gasteiger partial charge in [-0.3, -0.25) is 4.72 Å². The fourth-order valence-electron chi connectivity index (χ4n) is 2.32. The molecule has 0 spiro atoms. The van der Waals surface area contributed by atoms with E-state index in [1.54, 1.807) is 25.1 Å². The van der Waals surface area contributed by atoms with Gasteiger partial charge in [-0.15, -0.1) is 10.2 Å². The van der Waals surface area contributed by atoms with Crippen LogP contribution in [0.3, 0.4) is 0 Å². The zero-order chi connectivity index (χ0) is 17.2. The second-order valence-corrected chi connectivity index (χ2v) is 7.48. The maximum absolute atomic E-state index is 12.4. The minimum absolute atomic E-state index is 0.128. The average molecular weight is 369 g/mol. The number of aryl methyl sites for hydroxylation is 1. The number of aromatic nitrogens is 2. The van der Waals surface area contributed by atoms with Gasteiger partial charge in [0, 0.05) is 18.1 Å². The Morgan fingerprint density at radius 3 is 2.54 bits per heavy atom. The van der Waals surface area contributed by atoms with Crippen LogP contribution in [-0.4, -0.2) is 44.9 Å². The number of benzene rings is 1. The number of halogens is 1. The Kier molecular flexibility index (Phi) is 4.88. The van der Waals surface area contributed by atoms with Crippen molar-refractivity contribution in [1.82, 2.24) is 10.2 Å². The number of anilines is 2. The molecule has 1 aromatic heterocycles. The number of nitrogens with zero attached hydrogens (tertiary/aromatic N) is 3. The van der Waals surface area contributed by atoms with Crippen LogP contribution in [0.1, 0.15) is 5.56 Å². The van der Waals surface area contributed by atoms with E-state index < -0.39 is 10.0 Å². The number of hydrogen-bond acceptors (Lipinski definition) is 6. The van der Waals surface area contributed by atoms with Crippen LogP contribution in [0.5, 0.6) is 0 Å². The molecule has 0 amide bonds. The van der Waals surface area contributed by atoms with Gasteiger partial charge >= 0.3 is 0 Å². The van der Waals surface area contributed by atoms with Gasteiger partial charge in [-0.25, -0.2) is 8.42 Å². The molecule has 2 aromatic rings. The number of morpholine rings is 1. The van der Waals surface area contributed by atoms with Crippen molar-refractivity contribution in [1.29, 1.82) is 0 Å². The Hall–Kier alpha value is -1.90. The molecule has 1 N–H and O–H groups in total. The smallest absolute Gasteiger partial charge is 0.263 e. The molecule has 1 saturated heterocycles. The summed E-state index contributed by atoms with van der Waals surface area (Å²) in [5.41, 5.74) is 0.688. The molecule has 24 heavy (non-hydrogen) atoms. The van der Waals surface area contributed by atoms with Gasteiger partial charge < -0.3 is 9.64 Å². The molecule has 2 heterocycles. The van der Waals surface area contributed by atoms with E-state index in [1.807, 2.05) is 4.90 Å². The maximum atomic E-state index is 12.4. The van der Waals surface area contributed by atoms with Gasteiger partial charge in [0.25, 0.3) is 10.0 Å². The van der Waals surface area contributed by atoms with Crippen molar-refractivity contribution in [2.24, 2.45) is 0 Å². The van der Waals surface area contributed by atoms with E-state index in [4.69, 9.17) is 16.3 Å². The molecule has 1 aliphatic rings. The quantitative estimate of drug-likeness (QED) is 0.889. The molecule has 3 rings (SSSR count). The fraction of sp³-hybridized carbons (Fsp3) is 0.333. The first-order valence-electron chi connectivity index (χ1n) is 7.41. The van der Waals surface area contributed by atoms with Crippen LogP contribution in [0, 0.1) is 6.92 Å². The topological polar surface area (TPSA) is 84.4 Å². The molecule has 0 saturated carbocycles. The van der Waals surface area contributed by atoms with E-state index in [1.165, 1.54) is 12.1 Å². The Labute approximate surface area is 145 Å². The molecule has 0 radical (unpaired) electrons. The fourth-order valence-corrected chi connectivity index (χ4v) is 3.52. The van der Waals surface area contributed by atoms with E-state index in [0.717, 1.165) is 13.1 Å². The van der Waals surface area contributed by atoms with E-state index >= 15 is 0 Å². The molecular weight excluding hydrogens is 352 g/mol. The Morgan fingerprint density at radius 1 is 1.17 bits per heavy atom. The van der Waals surface area contributed by atoms with Gasteiger partial charge in [-0.1, -0.05) is 11.6 Å². The Balaban J connectivity index is 1.76. The third-order valence-electron chi connectivity index (χ3n) is 3.66. The molecule has 0 aliphatic carbocycles. The van der Waals surface area contributed by atoms with Crippen molar-refractivity contribution >= 4 is 33.3 Å². The number of ether oxygens (including phenoxy) is 1. The molecule has 0 atom stereocenters. The van der Waals surface area contributed by atoms with Crippen molar-refractivity contribution in [3.63, 3.8) is 0 Å². The Bertz CT molecular complexity index is 821. The number of rotatable bonds is 4. The molecule has 7 nitrogen and oxygen atoms in total. The third-order valence-corrected chi connectivity index (χ3v) is 5.44. The largest absolute Gasteiger partial charge is 0.378 e. The molecule has 9 heteroatoms. The van der Waals surface area contributed by atoms with Gasteiger partial charge in [-0.2, -0.15) is 0 Å². The summed E-state index contributed by atoms with van der Waals surface area (Å²) >= 11 is 5.93. The summed E-state index contributed by atoms with van der Waals surface area (Å²) in [7, 11) is -3.74. The number of hydrogen-bond donors (Lipinski definition) is 1. The van der Waals surface area contributed by atoms with Crippen LogP contribution in [0.25, 0.3) is 0 Å². The normalized spacial score (nSPS) is 15.3. The van der Waals surface area contributed by atoms with Gasteiger partial charge in [0.2, 0.25) is 0 Å². The highest BCUT2D eigenvalue weighted by Crippen LogP contribution is 2.21. The van der Waals surface area contributed by atoms with E-state index in [2.05, 4.69) is 14.9 Å². The van der Waals surface area contributed by atoms with Crippen molar-refractivity contribution < 1.29 is 13.2 Å². The minimum atomic E-state index is -3.74. The molecule has 0 unspecified atom stereocenters. The van der Waals surface area contributed by atoms with E-state index in [-0.39, 0.29) is 10.7 Å². The van der Waals surface area contributed by atoms with Crippen molar-refractivity contribution in [2.45, 2.75) is 11.8 Å². The molecule has 0 bridgehead atoms. The van der Waals surface area contributed by atoms with Crippen LogP contribution in [0.4, 0.5) is 11.6 Å². The van der Waals surface area contributed by atoms with Crippen LogP contribution in [0.2, 0.25) is 5.02 Å². The summed E-state index contributed by atoms with van der Waals surface area (Å²) in [6.07, 6.45) is 0. The van der Waals surface area contributed by atoms with Gasteiger partial charge in [-0.05, 0) is 42.8 Å². The van der Waals surface area contributed by atoms with Crippen LogP contribution >= 0.6 is 11.6 Å². The lowest BCUT2D eigenvalue weighted by Crippen LogP contribution is -2.36. The predicted octanol–water partition coefficient (Wildman–Crippen LogP) is 2.08. The average Bonchev–Trinajstić information content (AvgIpc) is 2.58. The third kappa shape index (κ3) is 3.77. The molecule has 1 aliphatic heterocycles. The summed E-state index contributed by atoms with van der Waals surface area (Å²) in [6.45, 7) is 4.52. The highest BCUT2D eigenvalue weighted by Gasteiger charge is 2.17. The summed E-state index contributed by atoms with van der Waals surface area (Å²) in [4.78, 5) is 2.17. The summed E-state index contributed by atoms with van der Waals surface area (Å²) in [5, 5.41) is 8.56. The lowest BCUT2D eigenvalue weighted by Gasteiger charge is -2.27. The standard InChI is InChI=1S/C15H17ClN4O3S/c1-11-10-12(2-3-13(11)16)24(21,22)19-14-4-5-15(18-17-14)20-6-8-23-9-7-20/h2-5,10H,6-9H2,1H3,(H,17,19). The lowest BCUT2D eigenvalue weighted by molar-refractivity contribution is 0.122. The van der Waals surface area contributed by atoms with Crippen LogP contribution < -0.4 is 9.62 Å². The van der Waals surface area contributed by atoms with E-state index in [0.29, 0.717) is 29.6 Å². The van der Waals surface area contributed by atoms with Crippen molar-refractivity contribution in [3.05, 3.63) is 40.9 Å². The first-order chi connectivity index (χ1) is 11.5. The number of nitrogens with one attached hydrogen (secondary N) is 1. The summed E-state index contributed by atoms with van der Waals surface area (Å²) in [6, 6.07) is 7.85. The monoisotopic (exact) mass is 368 g/mol. The second-order valence-electron chi connectivity index (χ2n) is 5.39. The molecule has 1 fully saturated rings. The van der Waals surface area contributed by atoms with Crippen molar-refractivity contribution in [2.75, 3.05) is 35.9 Å². The first-order valence-corrected chi connectivity index (χ1v) is 9.27. The van der Waals surface area contributed by atoms with Gasteiger partial charge in [0.05, 0.1) is 18.1 Å². The minimum Gasteiger partial charge on any atom is -0.378 e. The lowest BCUT2D eigenvalue weighted by atomic mass is 10.2. The zero-order valence-electron chi connectivity index (χ0n) is 13.1. The SMILES string of the molecule is Cc1cc(S(=O)(=O)Nc2ccc(N3CCOCC3)nn2)ccc1Cl. The predicted molar refractivity (Wildman–Crippen MR) is 92.1 cm³/mol. The number of sulfonamides is 1. The Morgan fingerprint density at radius 2 is 1.92 bits per heavy atom. The molecule has 1 aromatic carbocycles. The highest BCUT2D eigenvalue weighted by atomic mass is 35.5.